The minimum atomic E-state index is -4.27. The Bertz CT molecular complexity index is 400. The van der Waals surface area contributed by atoms with Crippen molar-refractivity contribution in [3.05, 3.63) is 29.8 Å². The lowest BCUT2D eigenvalue weighted by Gasteiger charge is -2.26. The first-order chi connectivity index (χ1) is 8.43. The molecule has 2 unspecified atom stereocenters. The average Bonchev–Trinajstić information content (AvgIpc) is 2.69. The molecule has 2 nitrogen and oxygen atoms in total. The van der Waals surface area contributed by atoms with E-state index in [2.05, 4.69) is 11.8 Å². The zero-order valence-corrected chi connectivity index (χ0v) is 10.2. The highest BCUT2D eigenvalue weighted by Gasteiger charge is 2.32. The van der Waals surface area contributed by atoms with Gasteiger partial charge < -0.3 is 10.6 Å². The quantitative estimate of drug-likeness (QED) is 0.883. The molecule has 0 spiro atoms. The van der Waals surface area contributed by atoms with Gasteiger partial charge in [0.2, 0.25) is 0 Å². The molecule has 0 radical (unpaired) electrons. The van der Waals surface area contributed by atoms with Crippen LogP contribution in [-0.4, -0.2) is 19.1 Å². The molecule has 1 aliphatic rings. The number of nitrogens with two attached hydrogens (primary N) is 1. The molecule has 1 aromatic carbocycles. The van der Waals surface area contributed by atoms with Gasteiger partial charge in [-0.25, -0.2) is 0 Å². The van der Waals surface area contributed by atoms with Crippen molar-refractivity contribution in [1.29, 1.82) is 0 Å². The molecule has 1 aromatic rings. The molecular weight excluding hydrogens is 241 g/mol. The number of anilines is 1. The highest BCUT2D eigenvalue weighted by molar-refractivity contribution is 5.50. The van der Waals surface area contributed by atoms with E-state index in [0.29, 0.717) is 12.5 Å². The summed E-state index contributed by atoms with van der Waals surface area (Å²) < 4.78 is 37.4. The molecule has 1 saturated heterocycles. The Kier molecular flexibility index (Phi) is 3.52. The third-order valence-electron chi connectivity index (χ3n) is 3.74. The van der Waals surface area contributed by atoms with Crippen molar-refractivity contribution in [1.82, 2.24) is 0 Å². The van der Waals surface area contributed by atoms with Crippen LogP contribution >= 0.6 is 0 Å². The number of rotatable bonds is 2. The van der Waals surface area contributed by atoms with E-state index in [9.17, 15) is 13.2 Å². The Morgan fingerprint density at radius 3 is 2.33 bits per heavy atom. The highest BCUT2D eigenvalue weighted by atomic mass is 19.4. The SMILES string of the molecule is CC1C(CN)CCN1c1ccc(C(F)(F)F)cc1. The van der Waals surface area contributed by atoms with E-state index in [4.69, 9.17) is 5.73 Å². The normalized spacial score (nSPS) is 24.6. The van der Waals surface area contributed by atoms with Crippen LogP contribution in [0.15, 0.2) is 24.3 Å². The Hall–Kier alpha value is -1.23. The van der Waals surface area contributed by atoms with Gasteiger partial charge in [0.25, 0.3) is 0 Å². The summed E-state index contributed by atoms with van der Waals surface area (Å²) in [4.78, 5) is 2.12. The molecule has 2 rings (SSSR count). The lowest BCUT2D eigenvalue weighted by molar-refractivity contribution is -0.137. The van der Waals surface area contributed by atoms with Crippen molar-refractivity contribution in [2.24, 2.45) is 11.7 Å². The van der Waals surface area contributed by atoms with Crippen molar-refractivity contribution < 1.29 is 13.2 Å². The van der Waals surface area contributed by atoms with Crippen LogP contribution in [0.25, 0.3) is 0 Å². The monoisotopic (exact) mass is 258 g/mol. The van der Waals surface area contributed by atoms with Gasteiger partial charge in [-0.05, 0) is 50.1 Å². The molecule has 18 heavy (non-hydrogen) atoms. The van der Waals surface area contributed by atoms with Gasteiger partial charge in [0.1, 0.15) is 0 Å². The standard InChI is InChI=1S/C13H17F3N2/c1-9-10(8-17)6-7-18(9)12-4-2-11(3-5-12)13(14,15)16/h2-5,9-10H,6-8,17H2,1H3. The fourth-order valence-corrected chi connectivity index (χ4v) is 2.53. The second-order valence-electron chi connectivity index (χ2n) is 4.76. The molecule has 2 atom stereocenters. The fraction of sp³-hybridized carbons (Fsp3) is 0.538. The molecule has 1 aliphatic heterocycles. The van der Waals surface area contributed by atoms with Gasteiger partial charge in [0, 0.05) is 18.3 Å². The van der Waals surface area contributed by atoms with Crippen LogP contribution in [0, 0.1) is 5.92 Å². The number of benzene rings is 1. The van der Waals surface area contributed by atoms with Gasteiger partial charge in [-0.1, -0.05) is 0 Å². The Morgan fingerprint density at radius 2 is 1.89 bits per heavy atom. The summed E-state index contributed by atoms with van der Waals surface area (Å²) in [6, 6.07) is 5.64. The first kappa shape index (κ1) is 13.2. The van der Waals surface area contributed by atoms with Crippen LogP contribution in [0.4, 0.5) is 18.9 Å². The molecule has 5 heteroatoms. The molecule has 0 saturated carbocycles. The summed E-state index contributed by atoms with van der Waals surface area (Å²) in [6.07, 6.45) is -3.27. The zero-order valence-electron chi connectivity index (χ0n) is 10.2. The number of alkyl halides is 3. The molecule has 1 heterocycles. The lowest BCUT2D eigenvalue weighted by Crippen LogP contribution is -2.32. The van der Waals surface area contributed by atoms with Crippen molar-refractivity contribution in [2.45, 2.75) is 25.6 Å². The maximum atomic E-state index is 12.5. The lowest BCUT2D eigenvalue weighted by atomic mass is 10.0. The minimum absolute atomic E-state index is 0.284. The molecule has 2 N–H and O–H groups in total. The molecule has 0 aliphatic carbocycles. The van der Waals surface area contributed by atoms with E-state index in [1.165, 1.54) is 12.1 Å². The number of nitrogens with zero attached hydrogens (tertiary/aromatic N) is 1. The van der Waals surface area contributed by atoms with E-state index >= 15 is 0 Å². The first-order valence-corrected chi connectivity index (χ1v) is 6.07. The topological polar surface area (TPSA) is 29.3 Å². The molecular formula is C13H17F3N2. The van der Waals surface area contributed by atoms with Crippen molar-refractivity contribution in [3.8, 4) is 0 Å². The van der Waals surface area contributed by atoms with Crippen LogP contribution in [-0.2, 0) is 6.18 Å². The molecule has 0 amide bonds. The summed E-state index contributed by atoms with van der Waals surface area (Å²) in [5, 5.41) is 0. The third-order valence-corrected chi connectivity index (χ3v) is 3.74. The van der Waals surface area contributed by atoms with E-state index in [0.717, 1.165) is 30.8 Å². The second kappa shape index (κ2) is 4.80. The van der Waals surface area contributed by atoms with Gasteiger partial charge in [0.15, 0.2) is 0 Å². The Morgan fingerprint density at radius 1 is 1.28 bits per heavy atom. The maximum Gasteiger partial charge on any atom is 0.416 e. The van der Waals surface area contributed by atoms with Gasteiger partial charge in [0.05, 0.1) is 5.56 Å². The van der Waals surface area contributed by atoms with Crippen molar-refractivity contribution in [2.75, 3.05) is 18.0 Å². The maximum absolute atomic E-state index is 12.5. The summed E-state index contributed by atoms with van der Waals surface area (Å²) in [5.41, 5.74) is 5.91. The van der Waals surface area contributed by atoms with Crippen LogP contribution < -0.4 is 10.6 Å². The van der Waals surface area contributed by atoms with Crippen LogP contribution in [0.3, 0.4) is 0 Å². The summed E-state index contributed by atoms with van der Waals surface area (Å²) in [6.45, 7) is 3.55. The largest absolute Gasteiger partial charge is 0.416 e. The van der Waals surface area contributed by atoms with Crippen LogP contribution in [0.1, 0.15) is 18.9 Å². The van der Waals surface area contributed by atoms with Gasteiger partial charge in [-0.3, -0.25) is 0 Å². The van der Waals surface area contributed by atoms with Crippen molar-refractivity contribution >= 4 is 5.69 Å². The van der Waals surface area contributed by atoms with Crippen LogP contribution in [0.2, 0.25) is 0 Å². The van der Waals surface area contributed by atoms with Gasteiger partial charge in [-0.2, -0.15) is 13.2 Å². The predicted octanol–water partition coefficient (Wildman–Crippen LogP) is 2.88. The second-order valence-corrected chi connectivity index (χ2v) is 4.76. The average molecular weight is 258 g/mol. The fourth-order valence-electron chi connectivity index (χ4n) is 2.53. The van der Waals surface area contributed by atoms with E-state index in [-0.39, 0.29) is 6.04 Å². The smallest absolute Gasteiger partial charge is 0.368 e. The predicted molar refractivity (Wildman–Crippen MR) is 65.4 cm³/mol. The Balaban J connectivity index is 2.16. The summed E-state index contributed by atoms with van der Waals surface area (Å²) >= 11 is 0. The Labute approximate surface area is 105 Å². The number of hydrogen-bond acceptors (Lipinski definition) is 2. The van der Waals surface area contributed by atoms with Gasteiger partial charge in [-0.15, -0.1) is 0 Å². The van der Waals surface area contributed by atoms with Crippen LogP contribution in [0.5, 0.6) is 0 Å². The van der Waals surface area contributed by atoms with E-state index in [1.54, 1.807) is 0 Å². The number of hydrogen-bond donors (Lipinski definition) is 1. The van der Waals surface area contributed by atoms with Gasteiger partial charge >= 0.3 is 6.18 Å². The summed E-state index contributed by atoms with van der Waals surface area (Å²) in [7, 11) is 0. The zero-order chi connectivity index (χ0) is 13.3. The van der Waals surface area contributed by atoms with E-state index < -0.39 is 11.7 Å². The highest BCUT2D eigenvalue weighted by Crippen LogP contribution is 2.33. The van der Waals surface area contributed by atoms with Crippen molar-refractivity contribution in [3.63, 3.8) is 0 Å². The molecule has 1 fully saturated rings. The molecule has 0 bridgehead atoms. The minimum Gasteiger partial charge on any atom is -0.368 e. The molecule has 0 aromatic heterocycles. The number of halogens is 3. The first-order valence-electron chi connectivity index (χ1n) is 6.07. The molecule has 100 valence electrons. The van der Waals surface area contributed by atoms with E-state index in [1.807, 2.05) is 0 Å². The third kappa shape index (κ3) is 2.46. The summed E-state index contributed by atoms with van der Waals surface area (Å²) in [5.74, 6) is 0.423.